The number of oxime groups is 1. The fourth-order valence-corrected chi connectivity index (χ4v) is 3.51. The van der Waals surface area contributed by atoms with Gasteiger partial charge in [-0.2, -0.15) is 0 Å². The van der Waals surface area contributed by atoms with Gasteiger partial charge in [-0.15, -0.1) is 0 Å². The standard InChI is InChI=1S/C19H18Cl2N2O2/c1-11-7-9-14(10-8-11)23(13(3)24)19-12(2)18(22-25-19)17-15(20)5-4-6-16(17)21/h4-10,12,19H,1-3H3/t12-,19-/m0/s1. The Morgan fingerprint density at radius 3 is 2.28 bits per heavy atom. The summed E-state index contributed by atoms with van der Waals surface area (Å²) in [6.07, 6.45) is -0.553. The highest BCUT2D eigenvalue weighted by Crippen LogP contribution is 2.34. The Labute approximate surface area is 157 Å². The molecule has 1 amide bonds. The average molecular weight is 377 g/mol. The highest BCUT2D eigenvalue weighted by molar-refractivity contribution is 6.40. The first-order chi connectivity index (χ1) is 11.9. The Morgan fingerprint density at radius 1 is 1.12 bits per heavy atom. The Hall–Kier alpha value is -2.04. The van der Waals surface area contributed by atoms with Gasteiger partial charge in [0.25, 0.3) is 0 Å². The summed E-state index contributed by atoms with van der Waals surface area (Å²) in [5.74, 6) is -0.315. The molecule has 2 atom stereocenters. The van der Waals surface area contributed by atoms with Crippen molar-refractivity contribution < 1.29 is 9.63 Å². The molecule has 1 aliphatic heterocycles. The third-order valence-corrected chi connectivity index (χ3v) is 4.87. The minimum Gasteiger partial charge on any atom is -0.369 e. The van der Waals surface area contributed by atoms with Crippen molar-refractivity contribution in [3.8, 4) is 0 Å². The van der Waals surface area contributed by atoms with E-state index in [-0.39, 0.29) is 11.8 Å². The van der Waals surface area contributed by atoms with Gasteiger partial charge >= 0.3 is 0 Å². The molecule has 0 radical (unpaired) electrons. The fraction of sp³-hybridized carbons (Fsp3) is 0.263. The van der Waals surface area contributed by atoms with Crippen molar-refractivity contribution in [2.75, 3.05) is 4.90 Å². The van der Waals surface area contributed by atoms with Crippen LogP contribution in [0.2, 0.25) is 10.0 Å². The molecule has 25 heavy (non-hydrogen) atoms. The van der Waals surface area contributed by atoms with Crippen LogP contribution in [0, 0.1) is 12.8 Å². The van der Waals surface area contributed by atoms with Crippen molar-refractivity contribution in [1.29, 1.82) is 0 Å². The molecule has 0 unspecified atom stereocenters. The third kappa shape index (κ3) is 3.37. The third-order valence-electron chi connectivity index (χ3n) is 4.24. The van der Waals surface area contributed by atoms with Gasteiger partial charge in [0.05, 0.1) is 21.7 Å². The smallest absolute Gasteiger partial charge is 0.226 e. The molecule has 0 aromatic heterocycles. The van der Waals surface area contributed by atoms with Gasteiger partial charge < -0.3 is 4.84 Å². The number of aryl methyl sites for hydroxylation is 1. The van der Waals surface area contributed by atoms with E-state index >= 15 is 0 Å². The van der Waals surface area contributed by atoms with E-state index < -0.39 is 6.23 Å². The Balaban J connectivity index is 1.94. The summed E-state index contributed by atoms with van der Waals surface area (Å²) in [6.45, 7) is 5.45. The number of carbonyl (C=O) groups excluding carboxylic acids is 1. The Bertz CT molecular complexity index is 814. The molecule has 6 heteroatoms. The van der Waals surface area contributed by atoms with Gasteiger partial charge in [-0.1, -0.05) is 59.0 Å². The largest absolute Gasteiger partial charge is 0.369 e. The van der Waals surface area contributed by atoms with Crippen LogP contribution in [0.5, 0.6) is 0 Å². The predicted molar refractivity (Wildman–Crippen MR) is 101 cm³/mol. The summed E-state index contributed by atoms with van der Waals surface area (Å²) in [5, 5.41) is 5.20. The second kappa shape index (κ2) is 7.06. The first kappa shape index (κ1) is 17.8. The van der Waals surface area contributed by atoms with Crippen LogP contribution < -0.4 is 4.90 Å². The van der Waals surface area contributed by atoms with Crippen LogP contribution in [-0.4, -0.2) is 17.8 Å². The maximum atomic E-state index is 12.3. The van der Waals surface area contributed by atoms with Crippen LogP contribution in [0.3, 0.4) is 0 Å². The van der Waals surface area contributed by atoms with E-state index in [2.05, 4.69) is 5.16 Å². The van der Waals surface area contributed by atoms with E-state index in [1.165, 1.54) is 6.92 Å². The maximum absolute atomic E-state index is 12.3. The average Bonchev–Trinajstić information content (AvgIpc) is 2.91. The molecule has 0 saturated carbocycles. The first-order valence-corrected chi connectivity index (χ1v) is 8.70. The summed E-state index contributed by atoms with van der Waals surface area (Å²) in [7, 11) is 0. The fourth-order valence-electron chi connectivity index (χ4n) is 2.92. The van der Waals surface area contributed by atoms with Crippen LogP contribution in [0.1, 0.15) is 25.0 Å². The monoisotopic (exact) mass is 376 g/mol. The SMILES string of the molecule is CC(=O)N(c1ccc(C)cc1)[C@H]1ON=C(c2c(Cl)cccc2Cl)[C@@H]1C. The number of hydrogen-bond acceptors (Lipinski definition) is 3. The maximum Gasteiger partial charge on any atom is 0.226 e. The van der Waals surface area contributed by atoms with Crippen molar-refractivity contribution >= 4 is 40.5 Å². The summed E-state index contributed by atoms with van der Waals surface area (Å²) >= 11 is 12.6. The molecule has 2 aromatic carbocycles. The van der Waals surface area contributed by atoms with E-state index in [4.69, 9.17) is 28.0 Å². The normalized spacial score (nSPS) is 19.3. The van der Waals surface area contributed by atoms with E-state index in [0.717, 1.165) is 11.3 Å². The van der Waals surface area contributed by atoms with Crippen LogP contribution in [0.25, 0.3) is 0 Å². The van der Waals surface area contributed by atoms with Crippen molar-refractivity contribution in [1.82, 2.24) is 0 Å². The number of hydrogen-bond donors (Lipinski definition) is 0. The molecular weight excluding hydrogens is 359 g/mol. The van der Waals surface area contributed by atoms with Crippen LogP contribution >= 0.6 is 23.2 Å². The predicted octanol–water partition coefficient (Wildman–Crippen LogP) is 5.05. The van der Waals surface area contributed by atoms with Crippen LogP contribution in [0.4, 0.5) is 5.69 Å². The lowest BCUT2D eigenvalue weighted by Crippen LogP contribution is -2.43. The van der Waals surface area contributed by atoms with Gasteiger partial charge in [-0.05, 0) is 31.2 Å². The number of halogens is 2. The zero-order chi connectivity index (χ0) is 18.1. The van der Waals surface area contributed by atoms with Crippen molar-refractivity contribution in [3.05, 3.63) is 63.6 Å². The first-order valence-electron chi connectivity index (χ1n) is 7.94. The van der Waals surface area contributed by atoms with Crippen LogP contribution in [0.15, 0.2) is 47.6 Å². The van der Waals surface area contributed by atoms with Crippen molar-refractivity contribution in [3.63, 3.8) is 0 Å². The van der Waals surface area contributed by atoms with Gasteiger partial charge in [-0.3, -0.25) is 9.69 Å². The minimum absolute atomic E-state index is 0.123. The van der Waals surface area contributed by atoms with E-state index in [0.29, 0.717) is 21.3 Å². The minimum atomic E-state index is -0.553. The van der Waals surface area contributed by atoms with Crippen molar-refractivity contribution in [2.24, 2.45) is 11.1 Å². The zero-order valence-electron chi connectivity index (χ0n) is 14.2. The quantitative estimate of drug-likeness (QED) is 0.751. The van der Waals surface area contributed by atoms with Crippen LogP contribution in [-0.2, 0) is 9.63 Å². The van der Waals surface area contributed by atoms with Gasteiger partial charge in [0.2, 0.25) is 12.1 Å². The second-order valence-electron chi connectivity index (χ2n) is 6.08. The number of benzene rings is 2. The Kier molecular flexibility index (Phi) is 5.02. The molecule has 0 N–H and O–H groups in total. The summed E-state index contributed by atoms with van der Waals surface area (Å²) in [6, 6.07) is 13.0. The second-order valence-corrected chi connectivity index (χ2v) is 6.90. The molecule has 0 bridgehead atoms. The number of rotatable bonds is 3. The molecule has 1 aliphatic rings. The van der Waals surface area contributed by atoms with E-state index in [1.54, 1.807) is 23.1 Å². The van der Waals surface area contributed by atoms with Gasteiger partial charge in [0.1, 0.15) is 0 Å². The molecule has 0 spiro atoms. The van der Waals surface area contributed by atoms with Gasteiger partial charge in [0.15, 0.2) is 0 Å². The molecule has 1 heterocycles. The zero-order valence-corrected chi connectivity index (χ0v) is 15.7. The molecule has 4 nitrogen and oxygen atoms in total. The molecule has 0 saturated heterocycles. The van der Waals surface area contributed by atoms with Gasteiger partial charge in [-0.25, -0.2) is 0 Å². The summed E-state index contributed by atoms with van der Waals surface area (Å²) in [4.78, 5) is 19.5. The molecule has 2 aromatic rings. The summed E-state index contributed by atoms with van der Waals surface area (Å²) < 4.78 is 0. The lowest BCUT2D eigenvalue weighted by molar-refractivity contribution is -0.119. The molecule has 0 aliphatic carbocycles. The topological polar surface area (TPSA) is 41.9 Å². The van der Waals surface area contributed by atoms with Crippen molar-refractivity contribution in [2.45, 2.75) is 27.0 Å². The van der Waals surface area contributed by atoms with Gasteiger partial charge in [0, 0.05) is 18.2 Å². The molecule has 3 rings (SSSR count). The number of carbonyl (C=O) groups is 1. The molecule has 0 fully saturated rings. The highest BCUT2D eigenvalue weighted by Gasteiger charge is 2.39. The molecule has 130 valence electrons. The molecular formula is C19H18Cl2N2O2. The number of anilines is 1. The van der Waals surface area contributed by atoms with E-state index in [1.807, 2.05) is 38.1 Å². The summed E-state index contributed by atoms with van der Waals surface area (Å²) in [5.41, 5.74) is 3.16. The Morgan fingerprint density at radius 2 is 1.72 bits per heavy atom. The number of nitrogens with zero attached hydrogens (tertiary/aromatic N) is 2. The lowest BCUT2D eigenvalue weighted by atomic mass is 9.96. The lowest BCUT2D eigenvalue weighted by Gasteiger charge is -2.29. The van der Waals surface area contributed by atoms with E-state index in [9.17, 15) is 4.79 Å². The number of amides is 1. The highest BCUT2D eigenvalue weighted by atomic mass is 35.5.